The first-order valence-electron chi connectivity index (χ1n) is 9.09. The van der Waals surface area contributed by atoms with Gasteiger partial charge in [-0.1, -0.05) is 12.1 Å². The third-order valence-electron chi connectivity index (χ3n) is 3.58. The Morgan fingerprint density at radius 2 is 1.68 bits per heavy atom. The number of ether oxygens (including phenoxy) is 4. The maximum atomic E-state index is 10.9. The molecule has 0 saturated carbocycles. The molecule has 150 valence electrons. The number of nitrogens with one attached hydrogen (secondary N) is 1. The minimum Gasteiger partial charge on any atom is -0.493 e. The molecule has 0 bridgehead atoms. The normalized spacial score (nSPS) is 10.5. The average Bonchev–Trinajstić information content (AvgIpc) is 2.69. The molecular weight excluding hydrogens is 360 g/mol. The van der Waals surface area contributed by atoms with Crippen LogP contribution in [-0.4, -0.2) is 39.1 Å². The van der Waals surface area contributed by atoms with E-state index in [1.54, 1.807) is 13.3 Å². The van der Waals surface area contributed by atoms with Gasteiger partial charge >= 0.3 is 0 Å². The van der Waals surface area contributed by atoms with Gasteiger partial charge in [-0.25, -0.2) is 5.43 Å². The summed E-state index contributed by atoms with van der Waals surface area (Å²) in [5.41, 5.74) is 3.16. The van der Waals surface area contributed by atoms with E-state index in [-0.39, 0.29) is 5.91 Å². The summed E-state index contributed by atoms with van der Waals surface area (Å²) in [4.78, 5) is 10.9. The Kier molecular flexibility index (Phi) is 8.65. The van der Waals surface area contributed by atoms with Crippen LogP contribution in [0.1, 0.15) is 25.8 Å². The lowest BCUT2D eigenvalue weighted by atomic mass is 10.2. The summed E-state index contributed by atoms with van der Waals surface area (Å²) in [5, 5.41) is 3.85. The summed E-state index contributed by atoms with van der Waals surface area (Å²) in [6, 6.07) is 13.0. The van der Waals surface area contributed by atoms with Gasteiger partial charge in [0.15, 0.2) is 23.0 Å². The number of hydrogen-bond acceptors (Lipinski definition) is 6. The van der Waals surface area contributed by atoms with Gasteiger partial charge in [0.05, 0.1) is 33.1 Å². The highest BCUT2D eigenvalue weighted by molar-refractivity contribution is 5.82. The van der Waals surface area contributed by atoms with Gasteiger partial charge in [0.2, 0.25) is 5.91 Å². The second-order valence-electron chi connectivity index (χ2n) is 5.77. The lowest BCUT2D eigenvalue weighted by Gasteiger charge is -2.13. The smallest absolute Gasteiger partial charge is 0.236 e. The monoisotopic (exact) mass is 386 g/mol. The van der Waals surface area contributed by atoms with Crippen LogP contribution >= 0.6 is 0 Å². The van der Waals surface area contributed by atoms with Gasteiger partial charge in [0.25, 0.3) is 0 Å². The van der Waals surface area contributed by atoms with Crippen molar-refractivity contribution in [2.75, 3.05) is 26.9 Å². The standard InChI is InChI=1S/C21H26N2O5/c1-4-26-21-14-17(15-22-23-16(2)24)10-11-20(21)28-13-7-12-27-19-9-6-5-8-18(19)25-3/h5-6,8-11,14-15H,4,7,12-13H2,1-3H3,(H,23,24)/b22-15+. The SMILES string of the molecule is CCOc1cc(/C=N/NC(C)=O)ccc1OCCCOc1ccccc1OC. The number of methoxy groups -OCH3 is 1. The molecule has 0 unspecified atom stereocenters. The second kappa shape index (κ2) is 11.5. The number of carbonyl (C=O) groups is 1. The van der Waals surface area contributed by atoms with Gasteiger partial charge in [-0.3, -0.25) is 4.79 Å². The first kappa shape index (κ1) is 21.1. The third-order valence-corrected chi connectivity index (χ3v) is 3.58. The van der Waals surface area contributed by atoms with Crippen LogP contribution in [0, 0.1) is 0 Å². The predicted octanol–water partition coefficient (Wildman–Crippen LogP) is 3.41. The molecule has 0 atom stereocenters. The number of benzene rings is 2. The van der Waals surface area contributed by atoms with E-state index in [9.17, 15) is 4.79 Å². The number of para-hydroxylation sites is 2. The summed E-state index contributed by atoms with van der Waals surface area (Å²) >= 11 is 0. The Labute approximate surface area is 165 Å². The molecule has 1 N–H and O–H groups in total. The first-order valence-corrected chi connectivity index (χ1v) is 9.09. The van der Waals surface area contributed by atoms with Crippen molar-refractivity contribution < 1.29 is 23.7 Å². The Morgan fingerprint density at radius 3 is 2.32 bits per heavy atom. The lowest BCUT2D eigenvalue weighted by Crippen LogP contribution is -2.12. The first-order chi connectivity index (χ1) is 13.6. The minimum atomic E-state index is -0.225. The number of carbonyl (C=O) groups excluding carboxylic acids is 1. The number of nitrogens with zero attached hydrogens (tertiary/aromatic N) is 1. The summed E-state index contributed by atoms with van der Waals surface area (Å²) in [6.07, 6.45) is 2.25. The van der Waals surface area contributed by atoms with E-state index in [1.807, 2.05) is 49.4 Å². The predicted molar refractivity (Wildman–Crippen MR) is 108 cm³/mol. The van der Waals surface area contributed by atoms with Gasteiger partial charge in [-0.05, 0) is 42.8 Å². The maximum Gasteiger partial charge on any atom is 0.236 e. The number of hydrogen-bond donors (Lipinski definition) is 1. The van der Waals surface area contributed by atoms with Crippen LogP contribution in [0.5, 0.6) is 23.0 Å². The largest absolute Gasteiger partial charge is 0.493 e. The minimum absolute atomic E-state index is 0.225. The quantitative estimate of drug-likeness (QED) is 0.364. The topological polar surface area (TPSA) is 78.4 Å². The molecule has 0 aliphatic heterocycles. The average molecular weight is 386 g/mol. The lowest BCUT2D eigenvalue weighted by molar-refractivity contribution is -0.118. The van der Waals surface area contributed by atoms with E-state index in [1.165, 1.54) is 6.92 Å². The number of rotatable bonds is 11. The molecule has 0 aliphatic rings. The Hall–Kier alpha value is -3.22. The van der Waals surface area contributed by atoms with Crippen LogP contribution in [0.4, 0.5) is 0 Å². The summed E-state index contributed by atoms with van der Waals surface area (Å²) in [6.45, 7) is 4.81. The molecule has 0 saturated heterocycles. The van der Waals surface area contributed by atoms with Crippen molar-refractivity contribution in [3.63, 3.8) is 0 Å². The molecule has 28 heavy (non-hydrogen) atoms. The van der Waals surface area contributed by atoms with E-state index in [2.05, 4.69) is 10.5 Å². The van der Waals surface area contributed by atoms with Gasteiger partial charge in [-0.2, -0.15) is 5.10 Å². The highest BCUT2D eigenvalue weighted by atomic mass is 16.5. The molecule has 7 heteroatoms. The van der Waals surface area contributed by atoms with Crippen LogP contribution in [0.25, 0.3) is 0 Å². The zero-order valence-corrected chi connectivity index (χ0v) is 16.4. The van der Waals surface area contributed by atoms with E-state index in [0.29, 0.717) is 49.2 Å². The Morgan fingerprint density at radius 1 is 1.00 bits per heavy atom. The molecule has 0 radical (unpaired) electrons. The van der Waals surface area contributed by atoms with E-state index in [0.717, 1.165) is 5.56 Å². The molecule has 0 aliphatic carbocycles. The molecule has 0 fully saturated rings. The van der Waals surface area contributed by atoms with Crippen molar-refractivity contribution in [2.24, 2.45) is 5.10 Å². The van der Waals surface area contributed by atoms with Crippen molar-refractivity contribution in [1.29, 1.82) is 0 Å². The van der Waals surface area contributed by atoms with Gasteiger partial charge in [-0.15, -0.1) is 0 Å². The van der Waals surface area contributed by atoms with Gasteiger partial charge in [0, 0.05) is 13.3 Å². The van der Waals surface area contributed by atoms with Crippen molar-refractivity contribution in [1.82, 2.24) is 5.43 Å². The molecule has 1 amide bonds. The van der Waals surface area contributed by atoms with Crippen molar-refractivity contribution in [2.45, 2.75) is 20.3 Å². The molecular formula is C21H26N2O5. The molecule has 0 spiro atoms. The molecule has 2 rings (SSSR count). The third kappa shape index (κ3) is 6.83. The van der Waals surface area contributed by atoms with E-state index < -0.39 is 0 Å². The van der Waals surface area contributed by atoms with Crippen LogP contribution in [0.15, 0.2) is 47.6 Å². The van der Waals surface area contributed by atoms with Crippen molar-refractivity contribution in [3.05, 3.63) is 48.0 Å². The highest BCUT2D eigenvalue weighted by Gasteiger charge is 2.07. The second-order valence-corrected chi connectivity index (χ2v) is 5.77. The number of amides is 1. The van der Waals surface area contributed by atoms with Crippen LogP contribution < -0.4 is 24.4 Å². The Balaban J connectivity index is 1.86. The molecule has 2 aromatic carbocycles. The molecule has 7 nitrogen and oxygen atoms in total. The summed E-state index contributed by atoms with van der Waals surface area (Å²) in [7, 11) is 1.62. The summed E-state index contributed by atoms with van der Waals surface area (Å²) < 4.78 is 22.5. The summed E-state index contributed by atoms with van der Waals surface area (Å²) in [5.74, 6) is 2.47. The van der Waals surface area contributed by atoms with Crippen molar-refractivity contribution >= 4 is 12.1 Å². The molecule has 0 aromatic heterocycles. The van der Waals surface area contributed by atoms with Crippen LogP contribution in [-0.2, 0) is 4.79 Å². The maximum absolute atomic E-state index is 10.9. The van der Waals surface area contributed by atoms with E-state index in [4.69, 9.17) is 18.9 Å². The van der Waals surface area contributed by atoms with Gasteiger partial charge < -0.3 is 18.9 Å². The fraction of sp³-hybridized carbons (Fsp3) is 0.333. The number of hydrazone groups is 1. The van der Waals surface area contributed by atoms with E-state index >= 15 is 0 Å². The van der Waals surface area contributed by atoms with Crippen LogP contribution in [0.3, 0.4) is 0 Å². The van der Waals surface area contributed by atoms with Crippen molar-refractivity contribution in [3.8, 4) is 23.0 Å². The zero-order chi connectivity index (χ0) is 20.2. The fourth-order valence-corrected chi connectivity index (χ4v) is 2.35. The fourth-order valence-electron chi connectivity index (χ4n) is 2.35. The van der Waals surface area contributed by atoms with Gasteiger partial charge in [0.1, 0.15) is 0 Å². The zero-order valence-electron chi connectivity index (χ0n) is 16.4. The Bertz CT molecular complexity index is 792. The molecule has 0 heterocycles. The van der Waals surface area contributed by atoms with Crippen LogP contribution in [0.2, 0.25) is 0 Å². The highest BCUT2D eigenvalue weighted by Crippen LogP contribution is 2.28. The molecule has 2 aromatic rings.